The molecule has 3 N–H and O–H groups in total. The molecule has 0 spiro atoms. The fourth-order valence-corrected chi connectivity index (χ4v) is 3.02. The number of aromatic hydroxyl groups is 2. The van der Waals surface area contributed by atoms with E-state index in [1.54, 1.807) is 0 Å². The molecule has 2 aromatic carbocycles. The summed E-state index contributed by atoms with van der Waals surface area (Å²) < 4.78 is 2.71. The quantitative estimate of drug-likeness (QED) is 0.301. The van der Waals surface area contributed by atoms with Crippen LogP contribution in [-0.2, 0) is 0 Å². The second kappa shape index (κ2) is 6.88. The first-order valence-electron chi connectivity index (χ1n) is 6.66. The van der Waals surface area contributed by atoms with Crippen LogP contribution in [0.2, 0.25) is 0 Å². The molecule has 0 bridgehead atoms. The minimum Gasteiger partial charge on any atom is -0.504 e. The molecule has 9 heteroatoms. The highest BCUT2D eigenvalue weighted by Gasteiger charge is 2.13. The van der Waals surface area contributed by atoms with E-state index in [9.17, 15) is 10.2 Å². The van der Waals surface area contributed by atoms with Crippen LogP contribution in [0.1, 0.15) is 5.56 Å². The van der Waals surface area contributed by atoms with E-state index in [2.05, 4.69) is 47.2 Å². The highest BCUT2D eigenvalue weighted by molar-refractivity contribution is 9.13. The average molecular weight is 470 g/mol. The van der Waals surface area contributed by atoms with Crippen LogP contribution in [0, 0.1) is 4.77 Å². The molecule has 0 aliphatic heterocycles. The predicted molar refractivity (Wildman–Crippen MR) is 101 cm³/mol. The zero-order chi connectivity index (χ0) is 17.3. The van der Waals surface area contributed by atoms with Gasteiger partial charge in [-0.3, -0.25) is 0 Å². The Morgan fingerprint density at radius 2 is 1.88 bits per heavy atom. The van der Waals surface area contributed by atoms with Gasteiger partial charge in [0, 0.05) is 15.6 Å². The Hall–Kier alpha value is -1.97. The van der Waals surface area contributed by atoms with Gasteiger partial charge >= 0.3 is 0 Å². The maximum absolute atomic E-state index is 9.74. The number of aromatic nitrogens is 3. The molecule has 3 aromatic rings. The van der Waals surface area contributed by atoms with Gasteiger partial charge in [-0.2, -0.15) is 14.9 Å². The fraction of sp³-hybridized carbons (Fsp3) is 0. The van der Waals surface area contributed by atoms with E-state index in [-0.39, 0.29) is 11.5 Å². The number of rotatable bonds is 3. The molecule has 24 heavy (non-hydrogen) atoms. The second-order valence-electron chi connectivity index (χ2n) is 4.74. The van der Waals surface area contributed by atoms with Crippen molar-refractivity contribution in [2.75, 3.05) is 0 Å². The van der Waals surface area contributed by atoms with E-state index in [1.165, 1.54) is 17.0 Å². The summed E-state index contributed by atoms with van der Waals surface area (Å²) in [7, 11) is 0. The largest absolute Gasteiger partial charge is 0.504 e. The molecule has 0 fully saturated rings. The van der Waals surface area contributed by atoms with Crippen molar-refractivity contribution >= 4 is 50.3 Å². The molecule has 3 rings (SSSR count). The molecular weight excluding hydrogens is 460 g/mol. The molecule has 122 valence electrons. The van der Waals surface area contributed by atoms with E-state index in [1.807, 2.05) is 30.3 Å². The van der Waals surface area contributed by atoms with Crippen LogP contribution in [0.4, 0.5) is 0 Å². The molecule has 0 aliphatic carbocycles. The summed E-state index contributed by atoms with van der Waals surface area (Å²) in [5.74, 6) is 0.0598. The van der Waals surface area contributed by atoms with Gasteiger partial charge in [-0.1, -0.05) is 30.3 Å². The lowest BCUT2D eigenvalue weighted by Gasteiger charge is -2.06. The molecule has 0 saturated carbocycles. The van der Waals surface area contributed by atoms with Gasteiger partial charge in [0.2, 0.25) is 4.77 Å². The number of phenolic OH excluding ortho intramolecular Hbond substituents is 2. The summed E-state index contributed by atoms with van der Waals surface area (Å²) in [5.41, 5.74) is 1.41. The molecular formula is C15H10Br2N4O2S. The van der Waals surface area contributed by atoms with E-state index < -0.39 is 0 Å². The predicted octanol–water partition coefficient (Wildman–Crippen LogP) is 4.43. The number of phenols is 2. The van der Waals surface area contributed by atoms with Gasteiger partial charge < -0.3 is 10.2 Å². The van der Waals surface area contributed by atoms with Gasteiger partial charge in [-0.25, -0.2) is 5.10 Å². The number of halogens is 2. The Bertz CT molecular complexity index is 983. The summed E-state index contributed by atoms with van der Waals surface area (Å²) in [6.45, 7) is 0. The standard InChI is InChI=1S/C15H10Br2N4O2S/c16-11-9(6-10(22)13(23)12(11)17)7-18-21-14(19-20-15(21)24)8-4-2-1-3-5-8/h1-7,22-23H,(H,20,24)/b18-7+. The second-order valence-corrected chi connectivity index (χ2v) is 6.71. The molecule has 1 heterocycles. The SMILES string of the molecule is Oc1cc(/C=N/n2c(-c3ccccc3)n[nH]c2=S)c(Br)c(Br)c1O. The topological polar surface area (TPSA) is 86.4 Å². The van der Waals surface area contributed by atoms with Crippen LogP contribution in [0.5, 0.6) is 11.5 Å². The summed E-state index contributed by atoms with van der Waals surface area (Å²) in [6.07, 6.45) is 1.51. The van der Waals surface area contributed by atoms with Crippen molar-refractivity contribution in [1.29, 1.82) is 0 Å². The Morgan fingerprint density at radius 3 is 2.58 bits per heavy atom. The molecule has 0 aliphatic rings. The molecule has 0 atom stereocenters. The maximum Gasteiger partial charge on any atom is 0.216 e. The van der Waals surface area contributed by atoms with Crippen LogP contribution < -0.4 is 0 Å². The van der Waals surface area contributed by atoms with Crippen LogP contribution in [0.15, 0.2) is 50.4 Å². The van der Waals surface area contributed by atoms with Crippen molar-refractivity contribution in [2.45, 2.75) is 0 Å². The lowest BCUT2D eigenvalue weighted by molar-refractivity contribution is 0.401. The lowest BCUT2D eigenvalue weighted by atomic mass is 10.2. The average Bonchev–Trinajstić information content (AvgIpc) is 2.96. The highest BCUT2D eigenvalue weighted by Crippen LogP contribution is 2.40. The number of hydrogen-bond acceptors (Lipinski definition) is 5. The van der Waals surface area contributed by atoms with E-state index in [4.69, 9.17) is 12.2 Å². The third kappa shape index (κ3) is 3.14. The van der Waals surface area contributed by atoms with E-state index in [0.29, 0.717) is 25.1 Å². The van der Waals surface area contributed by atoms with Gasteiger partial charge in [0.25, 0.3) is 0 Å². The third-order valence-electron chi connectivity index (χ3n) is 3.18. The fourth-order valence-electron chi connectivity index (χ4n) is 2.01. The van der Waals surface area contributed by atoms with E-state index >= 15 is 0 Å². The van der Waals surface area contributed by atoms with Gasteiger partial charge in [-0.05, 0) is 50.1 Å². The number of benzene rings is 2. The zero-order valence-electron chi connectivity index (χ0n) is 11.9. The highest BCUT2D eigenvalue weighted by atomic mass is 79.9. The van der Waals surface area contributed by atoms with Crippen LogP contribution in [0.25, 0.3) is 11.4 Å². The lowest BCUT2D eigenvalue weighted by Crippen LogP contribution is -1.95. The van der Waals surface area contributed by atoms with Gasteiger partial charge in [0.1, 0.15) is 0 Å². The van der Waals surface area contributed by atoms with Crippen LogP contribution in [0.3, 0.4) is 0 Å². The molecule has 0 unspecified atom stereocenters. The summed E-state index contributed by atoms with van der Waals surface area (Å²) in [5, 5.41) is 30.7. The van der Waals surface area contributed by atoms with E-state index in [0.717, 1.165) is 5.56 Å². The summed E-state index contributed by atoms with van der Waals surface area (Å²) in [4.78, 5) is 0. The van der Waals surface area contributed by atoms with Crippen LogP contribution >= 0.6 is 44.1 Å². The number of nitrogens with one attached hydrogen (secondary N) is 1. The Labute approximate surface area is 158 Å². The molecule has 1 aromatic heterocycles. The first kappa shape index (κ1) is 16.9. The Kier molecular flexibility index (Phi) is 4.83. The Balaban J connectivity index is 2.06. The van der Waals surface area contributed by atoms with Crippen molar-refractivity contribution in [2.24, 2.45) is 5.10 Å². The smallest absolute Gasteiger partial charge is 0.216 e. The van der Waals surface area contributed by atoms with Crippen molar-refractivity contribution in [3.05, 3.63) is 55.7 Å². The monoisotopic (exact) mass is 468 g/mol. The van der Waals surface area contributed by atoms with Gasteiger partial charge in [0.15, 0.2) is 17.3 Å². The third-order valence-corrected chi connectivity index (χ3v) is 5.61. The van der Waals surface area contributed by atoms with Crippen molar-refractivity contribution in [1.82, 2.24) is 14.9 Å². The molecule has 0 radical (unpaired) electrons. The molecule has 0 amide bonds. The normalized spacial score (nSPS) is 11.2. The maximum atomic E-state index is 9.74. The number of aromatic amines is 1. The minimum atomic E-state index is -0.259. The molecule has 0 saturated heterocycles. The first-order chi connectivity index (χ1) is 11.5. The number of nitrogens with zero attached hydrogens (tertiary/aromatic N) is 3. The first-order valence-corrected chi connectivity index (χ1v) is 8.65. The van der Waals surface area contributed by atoms with Crippen LogP contribution in [-0.4, -0.2) is 31.3 Å². The number of hydrogen-bond donors (Lipinski definition) is 3. The van der Waals surface area contributed by atoms with Crippen molar-refractivity contribution < 1.29 is 10.2 Å². The van der Waals surface area contributed by atoms with Gasteiger partial charge in [0.05, 0.1) is 10.7 Å². The Morgan fingerprint density at radius 1 is 1.17 bits per heavy atom. The summed E-state index contributed by atoms with van der Waals surface area (Å²) >= 11 is 11.8. The van der Waals surface area contributed by atoms with Gasteiger partial charge in [-0.15, -0.1) is 0 Å². The molecule has 6 nitrogen and oxygen atoms in total. The number of H-pyrrole nitrogens is 1. The minimum absolute atomic E-state index is 0.246. The summed E-state index contributed by atoms with van der Waals surface area (Å²) in [6, 6.07) is 10.9. The zero-order valence-corrected chi connectivity index (χ0v) is 15.9. The van der Waals surface area contributed by atoms with Crippen molar-refractivity contribution in [3.8, 4) is 22.9 Å². The van der Waals surface area contributed by atoms with Crippen molar-refractivity contribution in [3.63, 3.8) is 0 Å².